The van der Waals surface area contributed by atoms with Crippen LogP contribution in [0.2, 0.25) is 0 Å². The lowest BCUT2D eigenvalue weighted by Crippen LogP contribution is -2.35. The van der Waals surface area contributed by atoms with Gasteiger partial charge in [0.2, 0.25) is 5.95 Å². The third-order valence-corrected chi connectivity index (χ3v) is 5.19. The molecule has 1 aromatic heterocycles. The van der Waals surface area contributed by atoms with Crippen LogP contribution in [0.3, 0.4) is 0 Å². The summed E-state index contributed by atoms with van der Waals surface area (Å²) in [6.45, 7) is 4.88. The largest absolute Gasteiger partial charge is 0.465 e. The van der Waals surface area contributed by atoms with Crippen LogP contribution in [-0.2, 0) is 11.3 Å². The number of ether oxygens (including phenoxy) is 1. The van der Waals surface area contributed by atoms with Crippen LogP contribution in [0.15, 0.2) is 24.3 Å². The van der Waals surface area contributed by atoms with E-state index >= 15 is 0 Å². The zero-order valence-corrected chi connectivity index (χ0v) is 15.0. The van der Waals surface area contributed by atoms with E-state index in [4.69, 9.17) is 9.72 Å². The number of hydrogen-bond acceptors (Lipinski definition) is 4. The molecule has 1 aliphatic heterocycles. The molecule has 1 aliphatic carbocycles. The number of carboxylic acid groups (broad SMARTS) is 1. The van der Waals surface area contributed by atoms with Crippen molar-refractivity contribution in [1.29, 1.82) is 0 Å². The van der Waals surface area contributed by atoms with Gasteiger partial charge in [0, 0.05) is 39.3 Å². The average molecular weight is 358 g/mol. The van der Waals surface area contributed by atoms with Gasteiger partial charge in [-0.3, -0.25) is 0 Å². The van der Waals surface area contributed by atoms with Gasteiger partial charge in [0.15, 0.2) is 0 Å². The van der Waals surface area contributed by atoms with E-state index in [1.807, 2.05) is 18.2 Å². The molecular weight excluding hydrogens is 332 g/mol. The predicted molar refractivity (Wildman–Crippen MR) is 99.7 cm³/mol. The molecule has 2 aliphatic rings. The lowest BCUT2D eigenvalue weighted by atomic mass is 10.3. The van der Waals surface area contributed by atoms with Gasteiger partial charge in [-0.2, -0.15) is 0 Å². The highest BCUT2D eigenvalue weighted by Crippen LogP contribution is 2.29. The van der Waals surface area contributed by atoms with Crippen LogP contribution < -0.4 is 4.90 Å². The third kappa shape index (κ3) is 3.77. The molecule has 2 aromatic rings. The molecule has 1 saturated heterocycles. The maximum absolute atomic E-state index is 11.3. The van der Waals surface area contributed by atoms with E-state index in [9.17, 15) is 9.90 Å². The molecule has 1 saturated carbocycles. The van der Waals surface area contributed by atoms with Crippen LogP contribution in [0.4, 0.5) is 10.7 Å². The number of fused-ring (bicyclic) bond motifs is 1. The second kappa shape index (κ2) is 7.53. The topological polar surface area (TPSA) is 70.8 Å². The average Bonchev–Trinajstić information content (AvgIpc) is 3.43. The molecule has 140 valence electrons. The first kappa shape index (κ1) is 17.1. The molecule has 7 nitrogen and oxygen atoms in total. The van der Waals surface area contributed by atoms with E-state index in [2.05, 4.69) is 15.5 Å². The van der Waals surface area contributed by atoms with Crippen LogP contribution in [0.1, 0.15) is 19.3 Å². The van der Waals surface area contributed by atoms with E-state index in [0.29, 0.717) is 26.2 Å². The van der Waals surface area contributed by atoms with E-state index in [1.54, 1.807) is 0 Å². The smallest absolute Gasteiger partial charge is 0.407 e. The van der Waals surface area contributed by atoms with Crippen LogP contribution in [-0.4, -0.2) is 65.0 Å². The number of carbonyl (C=O) groups is 1. The molecule has 4 rings (SSSR count). The molecule has 2 fully saturated rings. The highest BCUT2D eigenvalue weighted by molar-refractivity contribution is 5.78. The summed E-state index contributed by atoms with van der Waals surface area (Å²) >= 11 is 0. The monoisotopic (exact) mass is 358 g/mol. The van der Waals surface area contributed by atoms with Gasteiger partial charge in [-0.1, -0.05) is 12.1 Å². The van der Waals surface area contributed by atoms with Crippen molar-refractivity contribution < 1.29 is 14.6 Å². The van der Waals surface area contributed by atoms with Gasteiger partial charge < -0.3 is 24.2 Å². The number of anilines is 1. The lowest BCUT2D eigenvalue weighted by molar-refractivity contribution is 0.118. The summed E-state index contributed by atoms with van der Waals surface area (Å²) in [5.41, 5.74) is 2.08. The van der Waals surface area contributed by atoms with Crippen molar-refractivity contribution in [2.45, 2.75) is 25.8 Å². The van der Waals surface area contributed by atoms with Gasteiger partial charge in [-0.05, 0) is 37.3 Å². The minimum absolute atomic E-state index is 0.511. The van der Waals surface area contributed by atoms with E-state index in [-0.39, 0.29) is 0 Å². The summed E-state index contributed by atoms with van der Waals surface area (Å²) < 4.78 is 8.06. The number of nitrogens with zero attached hydrogens (tertiary/aromatic N) is 4. The Hall–Kier alpha value is -2.28. The van der Waals surface area contributed by atoms with Crippen molar-refractivity contribution in [3.8, 4) is 0 Å². The Kier molecular flexibility index (Phi) is 4.97. The van der Waals surface area contributed by atoms with Crippen molar-refractivity contribution in [1.82, 2.24) is 14.5 Å². The number of imidazole rings is 1. The van der Waals surface area contributed by atoms with Crippen molar-refractivity contribution in [2.75, 3.05) is 44.3 Å². The van der Waals surface area contributed by atoms with Crippen LogP contribution >= 0.6 is 0 Å². The Labute approximate surface area is 153 Å². The van der Waals surface area contributed by atoms with Crippen LogP contribution in [0.5, 0.6) is 0 Å². The molecule has 0 spiro atoms. The molecule has 7 heteroatoms. The molecule has 2 heterocycles. The fraction of sp³-hybridized carbons (Fsp3) is 0.579. The van der Waals surface area contributed by atoms with Crippen molar-refractivity contribution in [2.24, 2.45) is 5.92 Å². The highest BCUT2D eigenvalue weighted by Gasteiger charge is 2.23. The van der Waals surface area contributed by atoms with Gasteiger partial charge in [0.25, 0.3) is 0 Å². The lowest BCUT2D eigenvalue weighted by Gasteiger charge is -2.23. The number of rotatable bonds is 6. The quantitative estimate of drug-likeness (QED) is 0.804. The maximum atomic E-state index is 11.3. The second-order valence-corrected chi connectivity index (χ2v) is 7.18. The minimum Gasteiger partial charge on any atom is -0.465 e. The second-order valence-electron chi connectivity index (χ2n) is 7.18. The first-order valence-electron chi connectivity index (χ1n) is 9.48. The maximum Gasteiger partial charge on any atom is 0.407 e. The normalized spacial score (nSPS) is 18.3. The van der Waals surface area contributed by atoms with Gasteiger partial charge in [0.1, 0.15) is 0 Å². The fourth-order valence-electron chi connectivity index (χ4n) is 3.52. The van der Waals surface area contributed by atoms with E-state index in [1.165, 1.54) is 17.7 Å². The van der Waals surface area contributed by atoms with Gasteiger partial charge in [-0.15, -0.1) is 0 Å². The molecule has 1 aromatic carbocycles. The van der Waals surface area contributed by atoms with Crippen LogP contribution in [0.25, 0.3) is 11.0 Å². The molecule has 1 N–H and O–H groups in total. The van der Waals surface area contributed by atoms with Crippen molar-refractivity contribution in [3.63, 3.8) is 0 Å². The highest BCUT2D eigenvalue weighted by atomic mass is 16.5. The zero-order chi connectivity index (χ0) is 17.9. The third-order valence-electron chi connectivity index (χ3n) is 5.19. The Morgan fingerprint density at radius 1 is 1.19 bits per heavy atom. The Balaban J connectivity index is 1.52. The summed E-state index contributed by atoms with van der Waals surface area (Å²) in [5.74, 6) is 1.69. The van der Waals surface area contributed by atoms with Crippen molar-refractivity contribution in [3.05, 3.63) is 24.3 Å². The number of hydrogen-bond donors (Lipinski definition) is 1. The predicted octanol–water partition coefficient (Wildman–Crippen LogP) is 2.65. The molecule has 0 atom stereocenters. The summed E-state index contributed by atoms with van der Waals surface area (Å²) in [4.78, 5) is 19.8. The molecule has 0 unspecified atom stereocenters. The molecule has 26 heavy (non-hydrogen) atoms. The van der Waals surface area contributed by atoms with E-state index in [0.717, 1.165) is 49.0 Å². The first-order valence-corrected chi connectivity index (χ1v) is 9.48. The molecule has 0 radical (unpaired) electrons. The molecule has 1 amide bonds. The standard InChI is InChI=1S/C19H26N4O3/c24-19(25)22-9-3-8-21(10-11-22)18-20-16-4-1-2-5-17(16)23(18)12-13-26-14-15-6-7-15/h1-2,4-5,15H,3,6-14H2,(H,24,25). The van der Waals surface area contributed by atoms with Gasteiger partial charge in [-0.25, -0.2) is 9.78 Å². The zero-order valence-electron chi connectivity index (χ0n) is 15.0. The summed E-state index contributed by atoms with van der Waals surface area (Å²) in [7, 11) is 0. The Morgan fingerprint density at radius 2 is 2.04 bits per heavy atom. The fourth-order valence-corrected chi connectivity index (χ4v) is 3.52. The van der Waals surface area contributed by atoms with E-state index < -0.39 is 6.09 Å². The SMILES string of the molecule is O=C(O)N1CCCN(c2nc3ccccc3n2CCOCC2CC2)CC1. The number of aromatic nitrogens is 2. The molecular formula is C19H26N4O3. The van der Waals surface area contributed by atoms with Gasteiger partial charge >= 0.3 is 6.09 Å². The Morgan fingerprint density at radius 3 is 2.85 bits per heavy atom. The van der Waals surface area contributed by atoms with Gasteiger partial charge in [0.05, 0.1) is 17.6 Å². The minimum atomic E-state index is -0.839. The Bertz CT molecular complexity index is 771. The molecule has 0 bridgehead atoms. The van der Waals surface area contributed by atoms with Crippen molar-refractivity contribution >= 4 is 23.1 Å². The number of para-hydroxylation sites is 2. The summed E-state index contributed by atoms with van der Waals surface area (Å²) in [6.07, 6.45) is 2.57. The number of benzene rings is 1. The first-order chi connectivity index (χ1) is 12.7. The van der Waals surface area contributed by atoms with Crippen LogP contribution in [0, 0.1) is 5.92 Å². The number of amides is 1. The summed E-state index contributed by atoms with van der Waals surface area (Å²) in [5, 5.41) is 9.25. The summed E-state index contributed by atoms with van der Waals surface area (Å²) in [6, 6.07) is 8.15.